The average Bonchev–Trinajstić information content (AvgIpc) is 2.37. The van der Waals surface area contributed by atoms with Gasteiger partial charge in [-0.15, -0.1) is 5.16 Å². The van der Waals surface area contributed by atoms with E-state index in [-0.39, 0.29) is 6.61 Å². The molecule has 17 heavy (non-hydrogen) atoms. The van der Waals surface area contributed by atoms with E-state index in [9.17, 15) is 4.39 Å². The fraction of sp³-hybridized carbons (Fsp3) is 0.0833. The molecule has 0 aliphatic heterocycles. The third-order valence-electron chi connectivity index (χ3n) is 2.13. The first-order chi connectivity index (χ1) is 8.29. The molecule has 0 saturated carbocycles. The minimum Gasteiger partial charge on any atom is -0.390 e. The van der Waals surface area contributed by atoms with Crippen molar-refractivity contribution in [3.05, 3.63) is 48.2 Å². The first-order valence-corrected chi connectivity index (χ1v) is 4.95. The van der Waals surface area contributed by atoms with Crippen molar-refractivity contribution in [1.29, 1.82) is 0 Å². The molecule has 0 aliphatic rings. The number of hydrogen-bond donors (Lipinski definition) is 0. The predicted octanol–water partition coefficient (Wildman–Crippen LogP) is 2.41. The van der Waals surface area contributed by atoms with E-state index >= 15 is 0 Å². The van der Waals surface area contributed by atoms with Gasteiger partial charge in [0.05, 0.1) is 11.4 Å². The highest BCUT2D eigenvalue weighted by atomic mass is 19.1. The molecule has 4 nitrogen and oxygen atoms in total. The molecule has 0 N–H and O–H groups in total. The molecule has 0 amide bonds. The van der Waals surface area contributed by atoms with E-state index in [1.54, 1.807) is 6.07 Å². The van der Waals surface area contributed by atoms with Crippen LogP contribution in [0.25, 0.3) is 11.3 Å². The Balaban J connectivity index is 2.26. The Kier molecular flexibility index (Phi) is 3.40. The number of oxime groups is 1. The second-order valence-corrected chi connectivity index (χ2v) is 3.29. The number of rotatable bonds is 4. The van der Waals surface area contributed by atoms with Gasteiger partial charge < -0.3 is 4.84 Å². The molecule has 5 heteroatoms. The number of pyridine rings is 2. The summed E-state index contributed by atoms with van der Waals surface area (Å²) in [6, 6.07) is 8.39. The molecule has 0 unspecified atom stereocenters. The van der Waals surface area contributed by atoms with Crippen LogP contribution in [0.4, 0.5) is 4.39 Å². The molecule has 2 rings (SSSR count). The van der Waals surface area contributed by atoms with Gasteiger partial charge in [0, 0.05) is 18.5 Å². The van der Waals surface area contributed by atoms with E-state index < -0.39 is 5.95 Å². The SMILES string of the molecule is C=NOCc1cccc(-c2ccc(F)nc2)n1. The molecule has 0 bridgehead atoms. The summed E-state index contributed by atoms with van der Waals surface area (Å²) in [5.74, 6) is -0.510. The third-order valence-corrected chi connectivity index (χ3v) is 2.13. The van der Waals surface area contributed by atoms with Gasteiger partial charge in [-0.05, 0) is 24.3 Å². The van der Waals surface area contributed by atoms with Crippen LogP contribution < -0.4 is 0 Å². The highest BCUT2D eigenvalue weighted by molar-refractivity contribution is 5.57. The Hall–Kier alpha value is -2.30. The molecule has 0 spiro atoms. The lowest BCUT2D eigenvalue weighted by molar-refractivity contribution is 0.130. The van der Waals surface area contributed by atoms with Crippen LogP contribution in [0.2, 0.25) is 0 Å². The molecule has 0 saturated heterocycles. The summed E-state index contributed by atoms with van der Waals surface area (Å²) in [5.41, 5.74) is 2.18. The smallest absolute Gasteiger partial charge is 0.212 e. The molecular weight excluding hydrogens is 221 g/mol. The Morgan fingerprint density at radius 2 is 2.18 bits per heavy atom. The van der Waals surface area contributed by atoms with Crippen LogP contribution in [0, 0.1) is 5.95 Å². The monoisotopic (exact) mass is 231 g/mol. The van der Waals surface area contributed by atoms with Gasteiger partial charge in [0.15, 0.2) is 6.61 Å². The minimum absolute atomic E-state index is 0.256. The van der Waals surface area contributed by atoms with E-state index in [2.05, 4.69) is 21.8 Å². The van der Waals surface area contributed by atoms with E-state index in [1.807, 2.05) is 18.2 Å². The summed E-state index contributed by atoms with van der Waals surface area (Å²) in [6.07, 6.45) is 1.44. The second-order valence-electron chi connectivity index (χ2n) is 3.29. The van der Waals surface area contributed by atoms with Crippen molar-refractivity contribution in [2.24, 2.45) is 5.16 Å². The first-order valence-electron chi connectivity index (χ1n) is 4.95. The zero-order chi connectivity index (χ0) is 12.1. The topological polar surface area (TPSA) is 47.4 Å². The second kappa shape index (κ2) is 5.16. The Morgan fingerprint density at radius 3 is 2.88 bits per heavy atom. The Morgan fingerprint density at radius 1 is 1.29 bits per heavy atom. The first kappa shape index (κ1) is 11.2. The zero-order valence-corrected chi connectivity index (χ0v) is 9.01. The van der Waals surface area contributed by atoms with Crippen LogP contribution in [0.15, 0.2) is 41.7 Å². The third kappa shape index (κ3) is 2.84. The minimum atomic E-state index is -0.510. The summed E-state index contributed by atoms with van der Waals surface area (Å²) in [5, 5.41) is 3.29. The van der Waals surface area contributed by atoms with Gasteiger partial charge in [0.25, 0.3) is 0 Å². The molecule has 0 aromatic carbocycles. The number of hydrogen-bond acceptors (Lipinski definition) is 4. The molecule has 0 atom stereocenters. The molecule has 2 aromatic rings. The van der Waals surface area contributed by atoms with Crippen molar-refractivity contribution in [3.63, 3.8) is 0 Å². The van der Waals surface area contributed by atoms with Gasteiger partial charge in [-0.25, -0.2) is 9.97 Å². The summed E-state index contributed by atoms with van der Waals surface area (Å²) in [6.45, 7) is 3.47. The predicted molar refractivity (Wildman–Crippen MR) is 61.8 cm³/mol. The molecule has 86 valence electrons. The lowest BCUT2D eigenvalue weighted by atomic mass is 10.2. The van der Waals surface area contributed by atoms with Crippen LogP contribution >= 0.6 is 0 Å². The maximum atomic E-state index is 12.7. The molecule has 0 aliphatic carbocycles. The fourth-order valence-electron chi connectivity index (χ4n) is 1.36. The molecular formula is C12H10FN3O. The average molecular weight is 231 g/mol. The number of nitrogens with zero attached hydrogens (tertiary/aromatic N) is 3. The largest absolute Gasteiger partial charge is 0.390 e. The van der Waals surface area contributed by atoms with E-state index in [0.717, 1.165) is 11.3 Å². The van der Waals surface area contributed by atoms with E-state index in [1.165, 1.54) is 12.3 Å². The number of halogens is 1. The van der Waals surface area contributed by atoms with Crippen LogP contribution in [0.3, 0.4) is 0 Å². The molecule has 2 heterocycles. The normalized spacial score (nSPS) is 9.94. The quantitative estimate of drug-likeness (QED) is 0.461. The van der Waals surface area contributed by atoms with Gasteiger partial charge >= 0.3 is 0 Å². The van der Waals surface area contributed by atoms with Crippen LogP contribution in [-0.2, 0) is 11.4 Å². The van der Waals surface area contributed by atoms with Crippen LogP contribution in [0.5, 0.6) is 0 Å². The Bertz CT molecular complexity index is 513. The van der Waals surface area contributed by atoms with Crippen molar-refractivity contribution >= 4 is 6.72 Å². The summed E-state index contributed by atoms with van der Waals surface area (Å²) < 4.78 is 12.7. The number of aromatic nitrogens is 2. The van der Waals surface area contributed by atoms with Gasteiger partial charge in [0.2, 0.25) is 5.95 Å². The fourth-order valence-corrected chi connectivity index (χ4v) is 1.36. The highest BCUT2D eigenvalue weighted by Crippen LogP contribution is 2.16. The lowest BCUT2D eigenvalue weighted by Gasteiger charge is -2.03. The maximum Gasteiger partial charge on any atom is 0.212 e. The maximum absolute atomic E-state index is 12.7. The van der Waals surface area contributed by atoms with Crippen molar-refractivity contribution < 1.29 is 9.23 Å². The van der Waals surface area contributed by atoms with Gasteiger partial charge in [-0.2, -0.15) is 4.39 Å². The summed E-state index contributed by atoms with van der Waals surface area (Å²) in [4.78, 5) is 12.7. The van der Waals surface area contributed by atoms with Crippen molar-refractivity contribution in [1.82, 2.24) is 9.97 Å². The van der Waals surface area contributed by atoms with Gasteiger partial charge in [0.1, 0.15) is 0 Å². The van der Waals surface area contributed by atoms with E-state index in [4.69, 9.17) is 4.84 Å². The van der Waals surface area contributed by atoms with Crippen LogP contribution in [-0.4, -0.2) is 16.7 Å². The van der Waals surface area contributed by atoms with Crippen molar-refractivity contribution in [2.75, 3.05) is 0 Å². The standard InChI is InChI=1S/C12H10FN3O/c1-14-17-8-10-3-2-4-11(16-10)9-5-6-12(13)15-7-9/h2-7H,1,8H2. The van der Waals surface area contributed by atoms with E-state index in [0.29, 0.717) is 5.69 Å². The zero-order valence-electron chi connectivity index (χ0n) is 9.01. The Labute approximate surface area is 97.8 Å². The molecule has 0 radical (unpaired) electrons. The van der Waals surface area contributed by atoms with Gasteiger partial charge in [-0.3, -0.25) is 0 Å². The molecule has 2 aromatic heterocycles. The van der Waals surface area contributed by atoms with Crippen LogP contribution in [0.1, 0.15) is 5.69 Å². The van der Waals surface area contributed by atoms with Crippen molar-refractivity contribution in [2.45, 2.75) is 6.61 Å². The summed E-state index contributed by atoms with van der Waals surface area (Å²) in [7, 11) is 0. The van der Waals surface area contributed by atoms with Gasteiger partial charge in [-0.1, -0.05) is 6.07 Å². The molecule has 0 fully saturated rings. The summed E-state index contributed by atoms with van der Waals surface area (Å²) >= 11 is 0. The van der Waals surface area contributed by atoms with Crippen molar-refractivity contribution in [3.8, 4) is 11.3 Å². The highest BCUT2D eigenvalue weighted by Gasteiger charge is 2.02. The lowest BCUT2D eigenvalue weighted by Crippen LogP contribution is -1.94.